The third kappa shape index (κ3) is 7.88. The molecule has 0 radical (unpaired) electrons. The molecule has 0 fully saturated rings. The standard InChI is InChI=1S/C36H47ClN2O6S2/c1-35(2)28-14-5-7-16-30(28)38(22-10-24-46(40,41)42)32(35)20-18-26-12-9-13-27(34(26)37)19-21-33-36(3,4)29-15-6-8-17-31(29)39(33)23-11-25-47(43,44)45/h5-8,14-17,20,26H,9-13,18-19,21-25H2,1-4H3,(H-,40,41,42,43,44,45)/p+1/b32-20+. The molecule has 2 N–H and O–H groups in total. The Labute approximate surface area is 285 Å². The summed E-state index contributed by atoms with van der Waals surface area (Å²) in [5.41, 5.74) is 7.74. The number of allylic oxidation sites excluding steroid dienone is 4. The highest BCUT2D eigenvalue weighted by Gasteiger charge is 2.45. The quantitative estimate of drug-likeness (QED) is 0.162. The molecule has 1 unspecified atom stereocenters. The number of halogens is 1. The maximum Gasteiger partial charge on any atom is 0.265 e. The van der Waals surface area contributed by atoms with Crippen LogP contribution in [0.3, 0.4) is 0 Å². The van der Waals surface area contributed by atoms with Gasteiger partial charge in [0.05, 0.1) is 16.9 Å². The van der Waals surface area contributed by atoms with Gasteiger partial charge in [-0.15, -0.1) is 0 Å². The SMILES string of the molecule is CC1(C)C(CCC2=C(Cl)C(C/C=C3/N(CCCS(=O)(=O)O)c4ccccc4C3(C)C)CCC2)=[N+](CCCS(=O)(=O)O)c2ccccc21. The van der Waals surface area contributed by atoms with Crippen molar-refractivity contribution in [2.24, 2.45) is 5.92 Å². The molecule has 2 aromatic carbocycles. The van der Waals surface area contributed by atoms with Crippen molar-refractivity contribution in [2.45, 2.75) is 89.9 Å². The predicted molar refractivity (Wildman–Crippen MR) is 190 cm³/mol. The van der Waals surface area contributed by atoms with Crippen molar-refractivity contribution in [1.29, 1.82) is 0 Å². The van der Waals surface area contributed by atoms with E-state index in [2.05, 4.69) is 67.5 Å². The Bertz CT molecular complexity index is 1830. The minimum Gasteiger partial charge on any atom is -0.344 e. The average Bonchev–Trinajstić information content (AvgIpc) is 3.33. The summed E-state index contributed by atoms with van der Waals surface area (Å²) < 4.78 is 66.8. The summed E-state index contributed by atoms with van der Waals surface area (Å²) in [7, 11) is -8.07. The number of fused-ring (bicyclic) bond motifs is 2. The smallest absolute Gasteiger partial charge is 0.265 e. The van der Waals surface area contributed by atoms with Crippen LogP contribution in [0.5, 0.6) is 0 Å². The number of benzene rings is 2. The van der Waals surface area contributed by atoms with Gasteiger partial charge in [0.1, 0.15) is 6.54 Å². The first-order valence-corrected chi connectivity index (χ1v) is 20.2. The first kappa shape index (κ1) is 35.8. The molecule has 11 heteroatoms. The second kappa shape index (κ2) is 13.8. The summed E-state index contributed by atoms with van der Waals surface area (Å²) in [6, 6.07) is 16.5. The van der Waals surface area contributed by atoms with Crippen molar-refractivity contribution in [3.05, 3.63) is 82.0 Å². The Morgan fingerprint density at radius 3 is 2.23 bits per heavy atom. The second-order valence-electron chi connectivity index (χ2n) is 14.2. The largest absolute Gasteiger partial charge is 0.344 e. The zero-order valence-corrected chi connectivity index (χ0v) is 30.3. The molecule has 0 saturated carbocycles. The molecule has 2 aromatic rings. The normalized spacial score (nSPS) is 21.5. The van der Waals surface area contributed by atoms with Crippen LogP contribution in [0.25, 0.3) is 0 Å². The Hall–Kier alpha value is -2.50. The fraction of sp³-hybridized carbons (Fsp3) is 0.528. The minimum atomic E-state index is -4.04. The van der Waals surface area contributed by atoms with E-state index < -0.39 is 20.2 Å². The van der Waals surface area contributed by atoms with Gasteiger partial charge in [-0.1, -0.05) is 73.5 Å². The van der Waals surface area contributed by atoms with E-state index in [1.54, 1.807) is 0 Å². The van der Waals surface area contributed by atoms with Crippen LogP contribution >= 0.6 is 11.6 Å². The minimum absolute atomic E-state index is 0.191. The van der Waals surface area contributed by atoms with Crippen LogP contribution in [0.4, 0.5) is 11.4 Å². The molecule has 0 saturated heterocycles. The van der Waals surface area contributed by atoms with Gasteiger partial charge >= 0.3 is 0 Å². The van der Waals surface area contributed by atoms with Gasteiger partial charge in [0.2, 0.25) is 5.69 Å². The van der Waals surface area contributed by atoms with E-state index in [1.807, 2.05) is 24.3 Å². The Morgan fingerprint density at radius 2 is 1.53 bits per heavy atom. The lowest BCUT2D eigenvalue weighted by Gasteiger charge is -2.29. The third-order valence-corrected chi connectivity index (χ3v) is 12.5. The molecule has 0 amide bonds. The van der Waals surface area contributed by atoms with Gasteiger partial charge in [0, 0.05) is 52.8 Å². The Kier molecular flexibility index (Phi) is 10.5. The highest BCUT2D eigenvalue weighted by Crippen LogP contribution is 2.49. The fourth-order valence-corrected chi connectivity index (χ4v) is 9.30. The molecule has 0 spiro atoms. The van der Waals surface area contributed by atoms with Gasteiger partial charge < -0.3 is 4.90 Å². The fourth-order valence-electron chi connectivity index (χ4n) is 7.92. The Balaban J connectivity index is 1.36. The zero-order valence-electron chi connectivity index (χ0n) is 27.9. The van der Waals surface area contributed by atoms with Crippen LogP contribution in [0.1, 0.15) is 90.2 Å². The molecule has 3 aliphatic rings. The summed E-state index contributed by atoms with van der Waals surface area (Å²) in [6.07, 6.45) is 8.35. The summed E-state index contributed by atoms with van der Waals surface area (Å²) in [5, 5.41) is 0.936. The van der Waals surface area contributed by atoms with E-state index in [9.17, 15) is 25.9 Å². The average molecular weight is 704 g/mol. The summed E-state index contributed by atoms with van der Waals surface area (Å²) in [5.74, 6) is -0.358. The molecule has 0 aromatic heterocycles. The predicted octanol–water partition coefficient (Wildman–Crippen LogP) is 7.76. The van der Waals surface area contributed by atoms with Gasteiger partial charge in [-0.25, -0.2) is 0 Å². The van der Waals surface area contributed by atoms with E-state index >= 15 is 0 Å². The molecule has 5 rings (SSSR count). The van der Waals surface area contributed by atoms with Crippen LogP contribution in [0.15, 0.2) is 70.9 Å². The van der Waals surface area contributed by atoms with Gasteiger partial charge in [-0.3, -0.25) is 9.11 Å². The lowest BCUT2D eigenvalue weighted by atomic mass is 9.78. The topological polar surface area (TPSA) is 115 Å². The number of anilines is 1. The van der Waals surface area contributed by atoms with Gasteiger partial charge in [0.15, 0.2) is 5.71 Å². The van der Waals surface area contributed by atoms with Crippen LogP contribution in [0.2, 0.25) is 0 Å². The molecule has 0 bridgehead atoms. The molecule has 1 aliphatic carbocycles. The van der Waals surface area contributed by atoms with Gasteiger partial charge in [-0.05, 0) is 69.9 Å². The Morgan fingerprint density at radius 1 is 0.894 bits per heavy atom. The molecular weight excluding hydrogens is 656 g/mol. The lowest BCUT2D eigenvalue weighted by Crippen LogP contribution is -2.30. The number of hydrogen-bond donors (Lipinski definition) is 2. The van der Waals surface area contributed by atoms with Crippen molar-refractivity contribution in [3.8, 4) is 0 Å². The van der Waals surface area contributed by atoms with E-state index in [-0.39, 0.29) is 28.3 Å². The van der Waals surface area contributed by atoms with Gasteiger partial charge in [-0.2, -0.15) is 21.4 Å². The second-order valence-corrected chi connectivity index (χ2v) is 17.7. The molecule has 256 valence electrons. The summed E-state index contributed by atoms with van der Waals surface area (Å²) in [4.78, 5) is 2.20. The maximum atomic E-state index is 11.5. The monoisotopic (exact) mass is 703 g/mol. The van der Waals surface area contributed by atoms with Crippen molar-refractivity contribution in [1.82, 2.24) is 0 Å². The molecule has 47 heavy (non-hydrogen) atoms. The van der Waals surface area contributed by atoms with Gasteiger partial charge in [0.25, 0.3) is 20.2 Å². The number of rotatable bonds is 13. The molecule has 8 nitrogen and oxygen atoms in total. The third-order valence-electron chi connectivity index (χ3n) is 10.3. The maximum absolute atomic E-state index is 11.5. The molecule has 2 heterocycles. The molecule has 1 atom stereocenters. The summed E-state index contributed by atoms with van der Waals surface area (Å²) in [6.45, 7) is 9.84. The first-order chi connectivity index (χ1) is 22.0. The zero-order chi connectivity index (χ0) is 34.2. The van der Waals surface area contributed by atoms with Crippen molar-refractivity contribution >= 4 is 48.9 Å². The number of para-hydroxylation sites is 2. The van der Waals surface area contributed by atoms with E-state index in [4.69, 9.17) is 11.6 Å². The van der Waals surface area contributed by atoms with Crippen molar-refractivity contribution < 1.29 is 30.5 Å². The first-order valence-electron chi connectivity index (χ1n) is 16.6. The highest BCUT2D eigenvalue weighted by molar-refractivity contribution is 7.86. The van der Waals surface area contributed by atoms with Crippen LogP contribution in [-0.4, -0.2) is 60.8 Å². The van der Waals surface area contributed by atoms with Crippen molar-refractivity contribution in [3.63, 3.8) is 0 Å². The summed E-state index contributed by atoms with van der Waals surface area (Å²) >= 11 is 7.21. The van der Waals surface area contributed by atoms with E-state index in [1.165, 1.54) is 22.4 Å². The molecule has 2 aliphatic heterocycles. The highest BCUT2D eigenvalue weighted by atomic mass is 35.5. The van der Waals surface area contributed by atoms with E-state index in [0.717, 1.165) is 60.6 Å². The lowest BCUT2D eigenvalue weighted by molar-refractivity contribution is -0.439. The van der Waals surface area contributed by atoms with Crippen LogP contribution < -0.4 is 4.90 Å². The van der Waals surface area contributed by atoms with Crippen LogP contribution in [0, 0.1) is 5.92 Å². The number of hydrogen-bond acceptors (Lipinski definition) is 5. The van der Waals surface area contributed by atoms with Crippen molar-refractivity contribution in [2.75, 3.05) is 29.5 Å². The number of nitrogens with zero attached hydrogens (tertiary/aromatic N) is 2. The van der Waals surface area contributed by atoms with E-state index in [0.29, 0.717) is 25.9 Å². The van der Waals surface area contributed by atoms with Crippen LogP contribution in [-0.2, 0) is 31.1 Å². The molecular formula is C36H48ClN2O6S2+.